The van der Waals surface area contributed by atoms with Crippen LogP contribution in [0.4, 0.5) is 0 Å². The van der Waals surface area contributed by atoms with Crippen LogP contribution >= 0.6 is 0 Å². The number of hydrogen-bond acceptors (Lipinski definition) is 13. The van der Waals surface area contributed by atoms with Crippen LogP contribution in [0.3, 0.4) is 0 Å². The molecule has 0 bridgehead atoms. The van der Waals surface area contributed by atoms with E-state index in [1.54, 1.807) is 0 Å². The van der Waals surface area contributed by atoms with Crippen LogP contribution in [0.15, 0.2) is 0 Å². The predicted octanol–water partition coefficient (Wildman–Crippen LogP) is -1.87. The molecule has 0 radical (unpaired) electrons. The third kappa shape index (κ3) is 19.0. The maximum atomic E-state index is 12.2. The first-order valence-electron chi connectivity index (χ1n) is 13.6. The second-order valence-corrected chi connectivity index (χ2v) is 8.78. The number of nitrogens with one attached hydrogen (secondary N) is 2. The fourth-order valence-corrected chi connectivity index (χ4v) is 3.56. The molecule has 3 unspecified atom stereocenters. The standard InChI is InChI=1S/C25H48N4O10/c1-33-25(32)21(28-23(31)19-39-17-15-37-13-11-35-9-7-27)5-3-2-4-20-24(29-20)22(30)18-38-16-14-36-12-10-34-8-6-26/h20-21,24,29H,2-19,26-27H2,1H3,(H,28,31). The van der Waals surface area contributed by atoms with Crippen LogP contribution in [0, 0.1) is 0 Å². The topological polar surface area (TPSA) is 202 Å². The molecular formula is C25H48N4O10. The van der Waals surface area contributed by atoms with Crippen LogP contribution in [0.25, 0.3) is 0 Å². The van der Waals surface area contributed by atoms with Gasteiger partial charge in [0.15, 0.2) is 5.78 Å². The molecule has 1 fully saturated rings. The Bertz CT molecular complexity index is 658. The molecule has 1 amide bonds. The highest BCUT2D eigenvalue weighted by atomic mass is 16.6. The first-order valence-corrected chi connectivity index (χ1v) is 13.6. The van der Waals surface area contributed by atoms with Crippen LogP contribution in [0.5, 0.6) is 0 Å². The normalized spacial score (nSPS) is 17.1. The van der Waals surface area contributed by atoms with Gasteiger partial charge in [-0.2, -0.15) is 0 Å². The number of ketones is 1. The van der Waals surface area contributed by atoms with Crippen LogP contribution in [-0.4, -0.2) is 135 Å². The quantitative estimate of drug-likeness (QED) is 0.0468. The Morgan fingerprint density at radius 2 is 1.26 bits per heavy atom. The number of carbonyl (C=O) groups excluding carboxylic acids is 3. The van der Waals surface area contributed by atoms with Gasteiger partial charge < -0.3 is 55.3 Å². The van der Waals surface area contributed by atoms with Gasteiger partial charge in [-0.25, -0.2) is 4.79 Å². The van der Waals surface area contributed by atoms with E-state index in [0.29, 0.717) is 85.4 Å². The lowest BCUT2D eigenvalue weighted by molar-refractivity contribution is -0.146. The fraction of sp³-hybridized carbons (Fsp3) is 0.880. The highest BCUT2D eigenvalue weighted by Gasteiger charge is 2.41. The zero-order valence-corrected chi connectivity index (χ0v) is 23.2. The van der Waals surface area contributed by atoms with Crippen molar-refractivity contribution in [1.29, 1.82) is 0 Å². The zero-order chi connectivity index (χ0) is 28.6. The van der Waals surface area contributed by atoms with Gasteiger partial charge in [0.2, 0.25) is 5.91 Å². The Morgan fingerprint density at radius 3 is 1.79 bits per heavy atom. The fourth-order valence-electron chi connectivity index (χ4n) is 3.56. The molecule has 14 heteroatoms. The highest BCUT2D eigenvalue weighted by Crippen LogP contribution is 2.20. The molecule has 6 N–H and O–H groups in total. The van der Waals surface area contributed by atoms with Gasteiger partial charge in [0.05, 0.1) is 79.2 Å². The second kappa shape index (κ2) is 24.1. The van der Waals surface area contributed by atoms with E-state index >= 15 is 0 Å². The molecule has 14 nitrogen and oxygen atoms in total. The minimum atomic E-state index is -0.755. The lowest BCUT2D eigenvalue weighted by atomic mass is 10.1. The molecule has 0 aromatic rings. The average molecular weight is 565 g/mol. The molecule has 0 aliphatic carbocycles. The van der Waals surface area contributed by atoms with Gasteiger partial charge in [-0.15, -0.1) is 0 Å². The van der Waals surface area contributed by atoms with Crippen LogP contribution in [0.2, 0.25) is 0 Å². The van der Waals surface area contributed by atoms with Crippen molar-refractivity contribution in [3.8, 4) is 0 Å². The maximum Gasteiger partial charge on any atom is 0.328 e. The summed E-state index contributed by atoms with van der Waals surface area (Å²) in [6, 6.07) is -0.855. The van der Waals surface area contributed by atoms with E-state index in [2.05, 4.69) is 10.6 Å². The Balaban J connectivity index is 2.08. The van der Waals surface area contributed by atoms with Crippen molar-refractivity contribution in [1.82, 2.24) is 10.6 Å². The van der Waals surface area contributed by atoms with Crippen LogP contribution in [0.1, 0.15) is 25.7 Å². The van der Waals surface area contributed by atoms with Gasteiger partial charge in [0.1, 0.15) is 19.3 Å². The van der Waals surface area contributed by atoms with E-state index in [9.17, 15) is 14.4 Å². The minimum Gasteiger partial charge on any atom is -0.467 e. The SMILES string of the molecule is COC(=O)C(CCCCC1NC1C(=O)COCCOCCOCCN)NC(=O)COCCOCCOCCN. The van der Waals surface area contributed by atoms with Gasteiger partial charge in [-0.3, -0.25) is 9.59 Å². The lowest BCUT2D eigenvalue weighted by Crippen LogP contribution is -2.43. The summed E-state index contributed by atoms with van der Waals surface area (Å²) in [5.74, 6) is -0.904. The Hall–Kier alpha value is -1.75. The molecule has 3 atom stereocenters. The van der Waals surface area contributed by atoms with Gasteiger partial charge in [-0.05, 0) is 12.8 Å². The van der Waals surface area contributed by atoms with Crippen LogP contribution < -0.4 is 22.1 Å². The molecule has 1 aliphatic heterocycles. The van der Waals surface area contributed by atoms with Crippen molar-refractivity contribution < 1.29 is 47.5 Å². The number of ether oxygens (including phenoxy) is 7. The third-order valence-electron chi connectivity index (χ3n) is 5.60. The smallest absolute Gasteiger partial charge is 0.328 e. The van der Waals surface area contributed by atoms with Crippen molar-refractivity contribution in [2.24, 2.45) is 11.5 Å². The number of nitrogens with two attached hydrogens (primary N) is 2. The largest absolute Gasteiger partial charge is 0.467 e. The predicted molar refractivity (Wildman–Crippen MR) is 141 cm³/mol. The van der Waals surface area contributed by atoms with Crippen LogP contribution in [-0.2, 0) is 47.5 Å². The molecule has 1 rings (SSSR count). The first kappa shape index (κ1) is 35.3. The van der Waals surface area contributed by atoms with Crippen molar-refractivity contribution in [3.63, 3.8) is 0 Å². The molecule has 1 saturated heterocycles. The second-order valence-electron chi connectivity index (χ2n) is 8.78. The molecule has 1 heterocycles. The maximum absolute atomic E-state index is 12.2. The summed E-state index contributed by atoms with van der Waals surface area (Å²) in [5, 5.41) is 5.82. The number of methoxy groups -OCH3 is 1. The summed E-state index contributed by atoms with van der Waals surface area (Å²) in [7, 11) is 1.28. The zero-order valence-electron chi connectivity index (χ0n) is 23.2. The molecule has 0 spiro atoms. The summed E-state index contributed by atoms with van der Waals surface area (Å²) in [6.07, 6.45) is 2.68. The summed E-state index contributed by atoms with van der Waals surface area (Å²) in [6.45, 7) is 4.89. The molecule has 0 saturated carbocycles. The van der Waals surface area contributed by atoms with Gasteiger partial charge in [0, 0.05) is 19.1 Å². The number of carbonyl (C=O) groups is 3. The molecule has 0 aromatic heterocycles. The van der Waals surface area contributed by atoms with Gasteiger partial charge in [-0.1, -0.05) is 12.8 Å². The van der Waals surface area contributed by atoms with Crippen molar-refractivity contribution in [3.05, 3.63) is 0 Å². The van der Waals surface area contributed by atoms with Gasteiger partial charge in [0.25, 0.3) is 0 Å². The summed E-state index contributed by atoms with van der Waals surface area (Å²) < 4.78 is 36.5. The van der Waals surface area contributed by atoms with Crippen molar-refractivity contribution >= 4 is 17.7 Å². The average Bonchev–Trinajstić information content (AvgIpc) is 3.72. The number of rotatable bonds is 28. The summed E-state index contributed by atoms with van der Waals surface area (Å²) in [5.41, 5.74) is 10.6. The number of Topliss-reactive ketones (excluding diaryl/α,β-unsaturated/α-hetero) is 1. The molecule has 1 aliphatic rings. The van der Waals surface area contributed by atoms with E-state index in [1.807, 2.05) is 0 Å². The van der Waals surface area contributed by atoms with E-state index in [1.165, 1.54) is 7.11 Å². The molecule has 228 valence electrons. The Labute approximate surface area is 231 Å². The number of amides is 1. The van der Waals surface area contributed by atoms with E-state index in [4.69, 9.17) is 44.6 Å². The summed E-state index contributed by atoms with van der Waals surface area (Å²) >= 11 is 0. The van der Waals surface area contributed by atoms with Crippen molar-refractivity contribution in [2.75, 3.05) is 99.5 Å². The molecule has 39 heavy (non-hydrogen) atoms. The monoisotopic (exact) mass is 564 g/mol. The van der Waals surface area contributed by atoms with Gasteiger partial charge >= 0.3 is 5.97 Å². The highest BCUT2D eigenvalue weighted by molar-refractivity contribution is 5.88. The third-order valence-corrected chi connectivity index (χ3v) is 5.60. The number of esters is 1. The number of unbranched alkanes of at least 4 members (excludes halogenated alkanes) is 1. The Morgan fingerprint density at radius 1 is 0.744 bits per heavy atom. The molecule has 0 aromatic carbocycles. The Kier molecular flexibility index (Phi) is 21.8. The summed E-state index contributed by atoms with van der Waals surface area (Å²) in [4.78, 5) is 36.4. The number of hydrogen-bond donors (Lipinski definition) is 4. The van der Waals surface area contributed by atoms with E-state index in [0.717, 1.165) is 12.8 Å². The van der Waals surface area contributed by atoms with E-state index in [-0.39, 0.29) is 37.7 Å². The lowest BCUT2D eigenvalue weighted by Gasteiger charge is -2.16. The van der Waals surface area contributed by atoms with Crippen molar-refractivity contribution in [2.45, 2.75) is 43.8 Å². The molecular weight excluding hydrogens is 516 g/mol. The van der Waals surface area contributed by atoms with E-state index < -0.39 is 17.9 Å². The first-order chi connectivity index (χ1) is 19.0. The minimum absolute atomic E-state index is 0.0105.